The van der Waals surface area contributed by atoms with Crippen LogP contribution in [0.5, 0.6) is 0 Å². The number of hydrogen-bond acceptors (Lipinski definition) is 3. The van der Waals surface area contributed by atoms with E-state index in [1.807, 2.05) is 0 Å². The van der Waals surface area contributed by atoms with Gasteiger partial charge in [-0.05, 0) is 13.0 Å². The molecule has 0 spiro atoms. The van der Waals surface area contributed by atoms with Crippen LogP contribution in [0.1, 0.15) is 17.2 Å². The second kappa shape index (κ2) is 3.72. The average molecular weight is 184 g/mol. The summed E-state index contributed by atoms with van der Waals surface area (Å²) in [6, 6.07) is 2.40. The fraction of sp³-hybridized carbons (Fsp3) is 0.333. The SMILES string of the molecule is Cc1c(N)ccc([C@@H](N)CO)c1F. The van der Waals surface area contributed by atoms with Gasteiger partial charge in [0.25, 0.3) is 0 Å². The first-order chi connectivity index (χ1) is 6.07. The maximum absolute atomic E-state index is 13.4. The van der Waals surface area contributed by atoms with Gasteiger partial charge < -0.3 is 16.6 Å². The smallest absolute Gasteiger partial charge is 0.133 e. The molecule has 0 unspecified atom stereocenters. The van der Waals surface area contributed by atoms with Crippen LogP contribution in [0.25, 0.3) is 0 Å². The molecule has 1 aromatic rings. The predicted molar refractivity (Wildman–Crippen MR) is 49.6 cm³/mol. The van der Waals surface area contributed by atoms with Gasteiger partial charge in [-0.2, -0.15) is 0 Å². The number of aliphatic hydroxyl groups is 1. The van der Waals surface area contributed by atoms with E-state index < -0.39 is 11.9 Å². The van der Waals surface area contributed by atoms with E-state index in [0.717, 1.165) is 0 Å². The lowest BCUT2D eigenvalue weighted by atomic mass is 10.0. The molecule has 0 saturated carbocycles. The van der Waals surface area contributed by atoms with Crippen LogP contribution in [0.3, 0.4) is 0 Å². The molecule has 5 N–H and O–H groups in total. The molecule has 0 saturated heterocycles. The van der Waals surface area contributed by atoms with E-state index in [1.54, 1.807) is 13.0 Å². The molecule has 1 atom stereocenters. The van der Waals surface area contributed by atoms with Gasteiger partial charge in [-0.1, -0.05) is 6.07 Å². The normalized spacial score (nSPS) is 12.9. The first-order valence-corrected chi connectivity index (χ1v) is 3.98. The van der Waals surface area contributed by atoms with Crippen molar-refractivity contribution in [1.29, 1.82) is 0 Å². The maximum Gasteiger partial charge on any atom is 0.133 e. The van der Waals surface area contributed by atoms with Crippen molar-refractivity contribution in [2.45, 2.75) is 13.0 Å². The molecule has 0 amide bonds. The molecule has 4 heteroatoms. The van der Waals surface area contributed by atoms with Crippen LogP contribution in [0.15, 0.2) is 12.1 Å². The highest BCUT2D eigenvalue weighted by Crippen LogP contribution is 2.22. The minimum absolute atomic E-state index is 0.278. The Morgan fingerprint density at radius 3 is 2.69 bits per heavy atom. The topological polar surface area (TPSA) is 72.3 Å². The van der Waals surface area contributed by atoms with Crippen molar-refractivity contribution in [3.8, 4) is 0 Å². The molecule has 72 valence electrons. The van der Waals surface area contributed by atoms with Crippen molar-refractivity contribution >= 4 is 5.69 Å². The van der Waals surface area contributed by atoms with Crippen LogP contribution in [0.4, 0.5) is 10.1 Å². The molecule has 0 bridgehead atoms. The molecule has 0 heterocycles. The standard InChI is InChI=1S/C9H13FN2O/c1-5-7(11)3-2-6(9(5)10)8(12)4-13/h2-3,8,13H,4,11-12H2,1H3/t8-/m0/s1. The maximum atomic E-state index is 13.4. The lowest BCUT2D eigenvalue weighted by Crippen LogP contribution is -2.16. The lowest BCUT2D eigenvalue weighted by Gasteiger charge is -2.12. The molecule has 0 aromatic heterocycles. The minimum Gasteiger partial charge on any atom is -0.398 e. The highest BCUT2D eigenvalue weighted by atomic mass is 19.1. The Balaban J connectivity index is 3.18. The number of nitrogens with two attached hydrogens (primary N) is 2. The second-order valence-corrected chi connectivity index (χ2v) is 2.97. The summed E-state index contributed by atoms with van der Waals surface area (Å²) >= 11 is 0. The number of aliphatic hydroxyl groups excluding tert-OH is 1. The Morgan fingerprint density at radius 1 is 1.54 bits per heavy atom. The Bertz CT molecular complexity index is 315. The van der Waals surface area contributed by atoms with Gasteiger partial charge in [-0.15, -0.1) is 0 Å². The van der Waals surface area contributed by atoms with E-state index in [-0.39, 0.29) is 6.61 Å². The van der Waals surface area contributed by atoms with E-state index in [0.29, 0.717) is 16.8 Å². The summed E-state index contributed by atoms with van der Waals surface area (Å²) in [5, 5.41) is 8.75. The lowest BCUT2D eigenvalue weighted by molar-refractivity contribution is 0.265. The van der Waals surface area contributed by atoms with Gasteiger partial charge in [-0.3, -0.25) is 0 Å². The summed E-state index contributed by atoms with van der Waals surface area (Å²) in [6.45, 7) is 1.30. The molecular formula is C9H13FN2O. The molecule has 0 fully saturated rings. The van der Waals surface area contributed by atoms with Crippen molar-refractivity contribution in [3.63, 3.8) is 0 Å². The van der Waals surface area contributed by atoms with Gasteiger partial charge in [0.15, 0.2) is 0 Å². The summed E-state index contributed by atoms with van der Waals surface area (Å²) in [6.07, 6.45) is 0. The third-order valence-corrected chi connectivity index (χ3v) is 2.05. The summed E-state index contributed by atoms with van der Waals surface area (Å²) in [5.41, 5.74) is 12.0. The molecule has 13 heavy (non-hydrogen) atoms. The van der Waals surface area contributed by atoms with Crippen molar-refractivity contribution in [1.82, 2.24) is 0 Å². The molecular weight excluding hydrogens is 171 g/mol. The second-order valence-electron chi connectivity index (χ2n) is 2.97. The number of rotatable bonds is 2. The van der Waals surface area contributed by atoms with Crippen molar-refractivity contribution in [2.24, 2.45) is 5.73 Å². The first-order valence-electron chi connectivity index (χ1n) is 3.98. The van der Waals surface area contributed by atoms with Crippen LogP contribution in [0, 0.1) is 12.7 Å². The molecule has 3 nitrogen and oxygen atoms in total. The van der Waals surface area contributed by atoms with Crippen molar-refractivity contribution in [3.05, 3.63) is 29.1 Å². The Hall–Kier alpha value is -1.13. The van der Waals surface area contributed by atoms with Crippen molar-refractivity contribution in [2.75, 3.05) is 12.3 Å². The molecule has 0 radical (unpaired) electrons. The number of benzene rings is 1. The minimum atomic E-state index is -0.681. The Labute approximate surface area is 76.2 Å². The molecule has 1 aromatic carbocycles. The molecule has 0 aliphatic heterocycles. The molecule has 0 aliphatic carbocycles. The quantitative estimate of drug-likeness (QED) is 0.593. The largest absolute Gasteiger partial charge is 0.398 e. The zero-order chi connectivity index (χ0) is 10.0. The van der Waals surface area contributed by atoms with Gasteiger partial charge >= 0.3 is 0 Å². The van der Waals surface area contributed by atoms with E-state index in [1.165, 1.54) is 6.07 Å². The van der Waals surface area contributed by atoms with E-state index in [2.05, 4.69) is 0 Å². The van der Waals surface area contributed by atoms with Crippen molar-refractivity contribution < 1.29 is 9.50 Å². The summed E-state index contributed by atoms with van der Waals surface area (Å²) in [5.74, 6) is -0.429. The number of hydrogen-bond donors (Lipinski definition) is 3. The third-order valence-electron chi connectivity index (χ3n) is 2.05. The summed E-state index contributed by atoms with van der Waals surface area (Å²) < 4.78 is 13.4. The van der Waals surface area contributed by atoms with Gasteiger partial charge in [0.1, 0.15) is 5.82 Å². The fourth-order valence-corrected chi connectivity index (χ4v) is 1.11. The third kappa shape index (κ3) is 1.79. The highest BCUT2D eigenvalue weighted by Gasteiger charge is 2.13. The van der Waals surface area contributed by atoms with E-state index in [9.17, 15) is 4.39 Å². The van der Waals surface area contributed by atoms with E-state index in [4.69, 9.17) is 16.6 Å². The summed E-state index contributed by atoms with van der Waals surface area (Å²) in [7, 11) is 0. The Morgan fingerprint density at radius 2 is 2.15 bits per heavy atom. The highest BCUT2D eigenvalue weighted by molar-refractivity contribution is 5.49. The summed E-state index contributed by atoms with van der Waals surface area (Å²) in [4.78, 5) is 0. The van der Waals surface area contributed by atoms with Gasteiger partial charge in [0.05, 0.1) is 12.6 Å². The number of halogens is 1. The van der Waals surface area contributed by atoms with Crippen LogP contribution in [0.2, 0.25) is 0 Å². The molecule has 0 aliphatic rings. The van der Waals surface area contributed by atoms with Gasteiger partial charge in [-0.25, -0.2) is 4.39 Å². The fourth-order valence-electron chi connectivity index (χ4n) is 1.11. The average Bonchev–Trinajstić information content (AvgIpc) is 2.13. The molecule has 1 rings (SSSR count). The van der Waals surface area contributed by atoms with Crippen LogP contribution in [-0.4, -0.2) is 11.7 Å². The zero-order valence-electron chi connectivity index (χ0n) is 7.42. The van der Waals surface area contributed by atoms with Crippen LogP contribution < -0.4 is 11.5 Å². The van der Waals surface area contributed by atoms with Gasteiger partial charge in [0.2, 0.25) is 0 Å². The number of nitrogen functional groups attached to an aromatic ring is 1. The van der Waals surface area contributed by atoms with Gasteiger partial charge in [0, 0.05) is 16.8 Å². The number of anilines is 1. The predicted octanol–water partition coefficient (Wildman–Crippen LogP) is 0.708. The Kier molecular flexibility index (Phi) is 2.85. The van der Waals surface area contributed by atoms with Crippen LogP contribution >= 0.6 is 0 Å². The van der Waals surface area contributed by atoms with Crippen LogP contribution in [-0.2, 0) is 0 Å². The first kappa shape index (κ1) is 9.95. The van der Waals surface area contributed by atoms with E-state index >= 15 is 0 Å². The monoisotopic (exact) mass is 184 g/mol. The zero-order valence-corrected chi connectivity index (χ0v) is 7.42.